The van der Waals surface area contributed by atoms with Crippen LogP contribution in [0.3, 0.4) is 0 Å². The minimum Gasteiger partial charge on any atom is -0.325 e. The molecule has 5 aromatic carbocycles. The molecule has 0 amide bonds. The molecule has 208 valence electrons. The Morgan fingerprint density at radius 2 is 1.77 bits per heavy atom. The van der Waals surface area contributed by atoms with Crippen LogP contribution < -0.4 is 15.8 Å². The van der Waals surface area contributed by atoms with Crippen molar-refractivity contribution in [3.8, 4) is 11.1 Å². The largest absolute Gasteiger partial charge is 0.325 e. The normalized spacial score (nSPS) is 20.0. The van der Waals surface area contributed by atoms with Crippen LogP contribution in [-0.4, -0.2) is 10.5 Å². The third kappa shape index (κ3) is 3.22. The summed E-state index contributed by atoms with van der Waals surface area (Å²) in [7, 11) is 0. The summed E-state index contributed by atoms with van der Waals surface area (Å²) >= 11 is 0. The maximum Gasteiger partial charge on any atom is 0.208 e. The van der Waals surface area contributed by atoms with Crippen LogP contribution in [-0.2, 0) is 5.41 Å². The summed E-state index contributed by atoms with van der Waals surface area (Å²) in [4.78, 5) is 5.32. The average Bonchev–Trinajstić information content (AvgIpc) is 3.18. The second kappa shape index (κ2) is 8.81. The summed E-state index contributed by atoms with van der Waals surface area (Å²) in [5, 5.41) is 11.5. The molecular weight excluding hydrogens is 522 g/mol. The van der Waals surface area contributed by atoms with Crippen molar-refractivity contribution in [3.63, 3.8) is 0 Å². The van der Waals surface area contributed by atoms with E-state index in [-0.39, 0.29) is 11.5 Å². The van der Waals surface area contributed by atoms with Gasteiger partial charge in [0, 0.05) is 32.7 Å². The third-order valence-corrected chi connectivity index (χ3v) is 10.3. The predicted octanol–water partition coefficient (Wildman–Crippen LogP) is 8.56. The van der Waals surface area contributed by atoms with Gasteiger partial charge in [0.2, 0.25) is 5.96 Å². The molecule has 1 N–H and O–H groups in total. The first kappa shape index (κ1) is 24.7. The highest BCUT2D eigenvalue weighted by Gasteiger charge is 2.37. The molecule has 2 aliphatic carbocycles. The molecule has 1 aromatic heterocycles. The lowest BCUT2D eigenvalue weighted by atomic mass is 9.65. The van der Waals surface area contributed by atoms with Crippen molar-refractivity contribution in [2.75, 3.05) is 5.32 Å². The first-order chi connectivity index (χ1) is 21.1. The molecule has 6 aromatic rings. The number of para-hydroxylation sites is 1. The number of nitrogens with one attached hydrogen (secondary N) is 1. The van der Waals surface area contributed by atoms with Gasteiger partial charge in [-0.15, -0.1) is 0 Å². The summed E-state index contributed by atoms with van der Waals surface area (Å²) < 4.78 is 2.42. The van der Waals surface area contributed by atoms with E-state index in [1.54, 1.807) is 0 Å². The fourth-order valence-corrected chi connectivity index (χ4v) is 8.03. The maximum absolute atomic E-state index is 5.32. The molecule has 0 saturated carbocycles. The Bertz CT molecular complexity index is 2370. The van der Waals surface area contributed by atoms with Crippen LogP contribution >= 0.6 is 0 Å². The van der Waals surface area contributed by atoms with Gasteiger partial charge in [0.05, 0.1) is 17.1 Å². The van der Waals surface area contributed by atoms with E-state index in [1.807, 2.05) is 0 Å². The van der Waals surface area contributed by atoms with Crippen molar-refractivity contribution in [1.82, 2.24) is 4.57 Å². The number of aromatic nitrogens is 1. The van der Waals surface area contributed by atoms with E-state index in [0.29, 0.717) is 0 Å². The molecule has 3 heteroatoms. The Labute approximate surface area is 251 Å². The minimum atomic E-state index is -0.0468. The second-order valence-electron chi connectivity index (χ2n) is 12.5. The number of nitrogens with zero attached hydrogens (tertiary/aromatic N) is 2. The lowest BCUT2D eigenvalue weighted by Crippen LogP contribution is -2.32. The van der Waals surface area contributed by atoms with Crippen LogP contribution in [0.5, 0.6) is 0 Å². The summed E-state index contributed by atoms with van der Waals surface area (Å²) in [6.45, 7) is 6.95. The maximum atomic E-state index is 5.32. The molecular formula is C40H33N3. The van der Waals surface area contributed by atoms with Crippen LogP contribution in [0.25, 0.3) is 55.9 Å². The first-order valence-corrected chi connectivity index (χ1v) is 15.5. The molecule has 1 aliphatic heterocycles. The van der Waals surface area contributed by atoms with Crippen LogP contribution in [0.15, 0.2) is 102 Å². The number of anilines is 1. The highest BCUT2D eigenvalue weighted by molar-refractivity contribution is 6.27. The van der Waals surface area contributed by atoms with Crippen LogP contribution in [0.2, 0.25) is 0 Å². The number of rotatable bonds is 1. The lowest BCUT2D eigenvalue weighted by molar-refractivity contribution is 0.553. The molecule has 0 radical (unpaired) electrons. The van der Waals surface area contributed by atoms with E-state index in [2.05, 4.69) is 140 Å². The monoisotopic (exact) mass is 555 g/mol. The van der Waals surface area contributed by atoms with Gasteiger partial charge in [-0.3, -0.25) is 4.57 Å². The molecule has 0 saturated heterocycles. The van der Waals surface area contributed by atoms with Gasteiger partial charge in [-0.2, -0.15) is 0 Å². The van der Waals surface area contributed by atoms with E-state index >= 15 is 0 Å². The number of benzene rings is 5. The number of hydrogen-bond donors (Lipinski definition) is 1. The molecule has 3 aliphatic rings. The molecule has 0 bridgehead atoms. The van der Waals surface area contributed by atoms with Crippen LogP contribution in [0, 0.1) is 0 Å². The first-order valence-electron chi connectivity index (χ1n) is 15.5. The number of aliphatic imine (C=N–C) groups is 1. The molecule has 0 spiro atoms. The molecule has 2 unspecified atom stereocenters. The summed E-state index contributed by atoms with van der Waals surface area (Å²) in [6, 6.07) is 31.7. The summed E-state index contributed by atoms with van der Waals surface area (Å²) in [5.41, 5.74) is 10.3. The highest BCUT2D eigenvalue weighted by Crippen LogP contribution is 2.53. The fraction of sp³-hybridized carbons (Fsp3) is 0.175. The van der Waals surface area contributed by atoms with Crippen molar-refractivity contribution in [2.45, 2.75) is 45.1 Å². The van der Waals surface area contributed by atoms with Crippen molar-refractivity contribution in [3.05, 3.63) is 124 Å². The molecule has 3 nitrogen and oxygen atoms in total. The fourth-order valence-electron chi connectivity index (χ4n) is 8.03. The quantitative estimate of drug-likeness (QED) is 0.216. The van der Waals surface area contributed by atoms with Crippen LogP contribution in [0.1, 0.15) is 56.3 Å². The zero-order valence-corrected chi connectivity index (χ0v) is 24.8. The van der Waals surface area contributed by atoms with Crippen molar-refractivity contribution in [1.29, 1.82) is 0 Å². The molecule has 2 atom stereocenters. The third-order valence-electron chi connectivity index (χ3n) is 10.3. The van der Waals surface area contributed by atoms with Crippen molar-refractivity contribution >= 4 is 56.4 Å². The van der Waals surface area contributed by atoms with E-state index in [1.165, 1.54) is 70.8 Å². The van der Waals surface area contributed by atoms with Gasteiger partial charge >= 0.3 is 0 Å². The SMILES string of the molecule is CCC1(C)c2ccccc2-c2c3c1cccc3cc1c2c2ccc3c(c2n1C1=NC(C)c2ccccc2N1)=CCC=CC=3. The second-order valence-corrected chi connectivity index (χ2v) is 12.5. The molecule has 9 rings (SSSR count). The predicted molar refractivity (Wildman–Crippen MR) is 182 cm³/mol. The average molecular weight is 556 g/mol. The van der Waals surface area contributed by atoms with Gasteiger partial charge in [-0.05, 0) is 70.1 Å². The van der Waals surface area contributed by atoms with Gasteiger partial charge < -0.3 is 5.32 Å². The molecule has 0 fully saturated rings. The Morgan fingerprint density at radius 1 is 0.930 bits per heavy atom. The van der Waals surface area contributed by atoms with Gasteiger partial charge in [-0.1, -0.05) is 111 Å². The zero-order valence-electron chi connectivity index (χ0n) is 24.8. The van der Waals surface area contributed by atoms with E-state index in [4.69, 9.17) is 4.99 Å². The smallest absolute Gasteiger partial charge is 0.208 e. The van der Waals surface area contributed by atoms with E-state index in [0.717, 1.165) is 24.5 Å². The molecule has 2 heterocycles. The summed E-state index contributed by atoms with van der Waals surface area (Å²) in [5.74, 6) is 0.885. The van der Waals surface area contributed by atoms with Crippen molar-refractivity contribution in [2.24, 2.45) is 4.99 Å². The lowest BCUT2D eigenvalue weighted by Gasteiger charge is -2.37. The van der Waals surface area contributed by atoms with E-state index < -0.39 is 0 Å². The van der Waals surface area contributed by atoms with Gasteiger partial charge in [0.15, 0.2) is 0 Å². The van der Waals surface area contributed by atoms with Crippen LogP contribution in [0.4, 0.5) is 5.69 Å². The Kier molecular flexibility index (Phi) is 5.06. The van der Waals surface area contributed by atoms with Gasteiger partial charge in [0.25, 0.3) is 0 Å². The number of fused-ring (bicyclic) bond motifs is 9. The Balaban J connectivity index is 1.52. The van der Waals surface area contributed by atoms with Crippen molar-refractivity contribution < 1.29 is 0 Å². The zero-order chi connectivity index (χ0) is 28.9. The summed E-state index contributed by atoms with van der Waals surface area (Å²) in [6.07, 6.45) is 11.0. The minimum absolute atomic E-state index is 0.0468. The van der Waals surface area contributed by atoms with Gasteiger partial charge in [-0.25, -0.2) is 4.99 Å². The number of allylic oxidation sites excluding steroid dienone is 2. The Morgan fingerprint density at radius 3 is 2.67 bits per heavy atom. The van der Waals surface area contributed by atoms with E-state index in [9.17, 15) is 0 Å². The Hall–Kier alpha value is -4.89. The topological polar surface area (TPSA) is 29.3 Å². The highest BCUT2D eigenvalue weighted by atomic mass is 15.2. The van der Waals surface area contributed by atoms with Gasteiger partial charge in [0.1, 0.15) is 0 Å². The standard InChI is InChI=1S/C40H33N3/c1-4-40(3)31-18-10-8-17-29(31)37-35-26(14-12-19-32(35)40)23-34-36(37)30-22-21-25-13-6-5-7-16-28(25)38(30)43(34)39-41-24(2)27-15-9-11-20-33(27)42-39/h5-6,8-24H,4,7H2,1-3H3,(H,41,42). The molecule has 43 heavy (non-hydrogen) atoms. The number of hydrogen-bond acceptors (Lipinski definition) is 2.